The lowest BCUT2D eigenvalue weighted by Gasteiger charge is -1.99. The largest absolute Gasteiger partial charge is 0.229 e. The zero-order valence-electron chi connectivity index (χ0n) is 6.90. The average molecular weight is 311 g/mol. The third-order valence-electron chi connectivity index (χ3n) is 1.59. The Morgan fingerprint density at radius 3 is 2.23 bits per heavy atom. The van der Waals surface area contributed by atoms with E-state index in [4.69, 9.17) is 5.14 Å². The SMILES string of the molecule is NS(=O)(=O)CCc1ccc(I)cc1. The number of sulfonamides is 1. The zero-order chi connectivity index (χ0) is 9.90. The summed E-state index contributed by atoms with van der Waals surface area (Å²) in [6, 6.07) is 7.71. The third kappa shape index (κ3) is 4.58. The molecule has 0 atom stereocenters. The van der Waals surface area contributed by atoms with E-state index in [0.29, 0.717) is 6.42 Å². The van der Waals surface area contributed by atoms with Gasteiger partial charge in [-0.3, -0.25) is 0 Å². The molecule has 0 saturated heterocycles. The van der Waals surface area contributed by atoms with Gasteiger partial charge in [-0.15, -0.1) is 0 Å². The van der Waals surface area contributed by atoms with Crippen LogP contribution in [0.25, 0.3) is 0 Å². The van der Waals surface area contributed by atoms with Gasteiger partial charge in [-0.05, 0) is 46.7 Å². The second-order valence-electron chi connectivity index (χ2n) is 2.74. The van der Waals surface area contributed by atoms with Crippen molar-refractivity contribution in [2.75, 3.05) is 5.75 Å². The minimum Gasteiger partial charge on any atom is -0.229 e. The van der Waals surface area contributed by atoms with E-state index in [0.717, 1.165) is 9.13 Å². The predicted molar refractivity (Wildman–Crippen MR) is 60.8 cm³/mol. The van der Waals surface area contributed by atoms with Crippen LogP contribution >= 0.6 is 22.6 Å². The predicted octanol–water partition coefficient (Wildman–Crippen LogP) is 1.12. The van der Waals surface area contributed by atoms with Gasteiger partial charge in [0.15, 0.2) is 0 Å². The smallest absolute Gasteiger partial charge is 0.209 e. The van der Waals surface area contributed by atoms with E-state index >= 15 is 0 Å². The van der Waals surface area contributed by atoms with Crippen molar-refractivity contribution in [2.24, 2.45) is 5.14 Å². The minimum atomic E-state index is -3.33. The molecule has 0 aromatic heterocycles. The lowest BCUT2D eigenvalue weighted by Crippen LogP contribution is -2.17. The molecule has 0 saturated carbocycles. The van der Waals surface area contributed by atoms with Crippen molar-refractivity contribution >= 4 is 32.6 Å². The Morgan fingerprint density at radius 2 is 1.77 bits per heavy atom. The Hall–Kier alpha value is -0.140. The Labute approximate surface area is 91.5 Å². The highest BCUT2D eigenvalue weighted by Crippen LogP contribution is 2.07. The average Bonchev–Trinajstić information content (AvgIpc) is 2.02. The first-order chi connectivity index (χ1) is 5.97. The lowest BCUT2D eigenvalue weighted by atomic mass is 10.2. The maximum Gasteiger partial charge on any atom is 0.209 e. The van der Waals surface area contributed by atoms with Crippen LogP contribution in [0.4, 0.5) is 0 Å². The topological polar surface area (TPSA) is 60.2 Å². The fraction of sp³-hybridized carbons (Fsp3) is 0.250. The van der Waals surface area contributed by atoms with Gasteiger partial charge in [0, 0.05) is 3.57 Å². The van der Waals surface area contributed by atoms with Gasteiger partial charge in [-0.25, -0.2) is 13.6 Å². The molecule has 0 radical (unpaired) electrons. The summed E-state index contributed by atoms with van der Waals surface area (Å²) >= 11 is 2.20. The summed E-state index contributed by atoms with van der Waals surface area (Å²) in [6.45, 7) is 0. The van der Waals surface area contributed by atoms with E-state index in [2.05, 4.69) is 22.6 Å². The van der Waals surface area contributed by atoms with Crippen LogP contribution in [-0.2, 0) is 16.4 Å². The van der Waals surface area contributed by atoms with Gasteiger partial charge in [0.05, 0.1) is 5.75 Å². The fourth-order valence-corrected chi connectivity index (χ4v) is 1.79. The van der Waals surface area contributed by atoms with Crippen LogP contribution < -0.4 is 5.14 Å². The van der Waals surface area contributed by atoms with E-state index in [1.54, 1.807) is 0 Å². The normalized spacial score (nSPS) is 11.5. The molecule has 0 heterocycles. The summed E-state index contributed by atoms with van der Waals surface area (Å²) in [7, 11) is -3.33. The molecule has 1 aromatic rings. The van der Waals surface area contributed by atoms with Crippen LogP contribution in [-0.4, -0.2) is 14.2 Å². The highest BCUT2D eigenvalue weighted by molar-refractivity contribution is 14.1. The summed E-state index contributed by atoms with van der Waals surface area (Å²) in [5, 5.41) is 4.88. The second kappa shape index (κ2) is 4.39. The number of halogens is 1. The molecule has 0 aliphatic carbocycles. The fourth-order valence-electron chi connectivity index (χ4n) is 0.911. The standard InChI is InChI=1S/C8H10INO2S/c9-8-3-1-7(2-4-8)5-6-13(10,11)12/h1-4H,5-6H2,(H2,10,11,12). The monoisotopic (exact) mass is 311 g/mol. The highest BCUT2D eigenvalue weighted by atomic mass is 127. The van der Waals surface area contributed by atoms with Crippen LogP contribution in [0.2, 0.25) is 0 Å². The molecule has 0 aliphatic heterocycles. The summed E-state index contributed by atoms with van der Waals surface area (Å²) < 4.78 is 22.4. The summed E-state index contributed by atoms with van der Waals surface area (Å²) in [5.41, 5.74) is 0.995. The zero-order valence-corrected chi connectivity index (χ0v) is 9.88. The molecule has 0 bridgehead atoms. The Morgan fingerprint density at radius 1 is 1.23 bits per heavy atom. The molecule has 0 aliphatic rings. The van der Waals surface area contributed by atoms with Crippen molar-refractivity contribution in [3.63, 3.8) is 0 Å². The molecular formula is C8H10INO2S. The van der Waals surface area contributed by atoms with Crippen molar-refractivity contribution in [2.45, 2.75) is 6.42 Å². The summed E-state index contributed by atoms with van der Waals surface area (Å²) in [4.78, 5) is 0. The first-order valence-corrected chi connectivity index (χ1v) is 6.52. The van der Waals surface area contributed by atoms with Crippen molar-refractivity contribution < 1.29 is 8.42 Å². The minimum absolute atomic E-state index is 0.00753. The van der Waals surface area contributed by atoms with Crippen LogP contribution in [0.3, 0.4) is 0 Å². The maximum absolute atomic E-state index is 10.6. The first kappa shape index (κ1) is 10.9. The van der Waals surface area contributed by atoms with E-state index < -0.39 is 10.0 Å². The highest BCUT2D eigenvalue weighted by Gasteiger charge is 2.02. The van der Waals surface area contributed by atoms with Crippen LogP contribution in [0.5, 0.6) is 0 Å². The first-order valence-electron chi connectivity index (χ1n) is 3.72. The molecule has 1 rings (SSSR count). The van der Waals surface area contributed by atoms with E-state index in [9.17, 15) is 8.42 Å². The van der Waals surface area contributed by atoms with Gasteiger partial charge >= 0.3 is 0 Å². The molecule has 3 nitrogen and oxygen atoms in total. The van der Waals surface area contributed by atoms with E-state index in [1.807, 2.05) is 24.3 Å². The van der Waals surface area contributed by atoms with E-state index in [-0.39, 0.29) is 5.75 Å². The molecule has 0 spiro atoms. The van der Waals surface area contributed by atoms with Crippen molar-refractivity contribution in [1.29, 1.82) is 0 Å². The molecular weight excluding hydrogens is 301 g/mol. The van der Waals surface area contributed by atoms with Crippen LogP contribution in [0, 0.1) is 3.57 Å². The van der Waals surface area contributed by atoms with Gasteiger partial charge in [-0.2, -0.15) is 0 Å². The van der Waals surface area contributed by atoms with Gasteiger partial charge < -0.3 is 0 Å². The number of rotatable bonds is 3. The lowest BCUT2D eigenvalue weighted by molar-refractivity contribution is 0.597. The molecule has 0 unspecified atom stereocenters. The van der Waals surface area contributed by atoms with Crippen molar-refractivity contribution in [3.8, 4) is 0 Å². The summed E-state index contributed by atoms with van der Waals surface area (Å²) in [6.07, 6.45) is 0.482. The Balaban J connectivity index is 2.61. The van der Waals surface area contributed by atoms with Crippen molar-refractivity contribution in [1.82, 2.24) is 0 Å². The number of hydrogen-bond donors (Lipinski definition) is 1. The molecule has 1 aromatic carbocycles. The number of primary sulfonamides is 1. The van der Waals surface area contributed by atoms with Gasteiger partial charge in [0.1, 0.15) is 0 Å². The molecule has 72 valence electrons. The van der Waals surface area contributed by atoms with Gasteiger partial charge in [0.2, 0.25) is 10.0 Å². The molecule has 13 heavy (non-hydrogen) atoms. The number of hydrogen-bond acceptors (Lipinski definition) is 2. The van der Waals surface area contributed by atoms with Crippen molar-refractivity contribution in [3.05, 3.63) is 33.4 Å². The summed E-state index contributed by atoms with van der Waals surface area (Å²) in [5.74, 6) is 0.00753. The van der Waals surface area contributed by atoms with Gasteiger partial charge in [-0.1, -0.05) is 12.1 Å². The van der Waals surface area contributed by atoms with E-state index in [1.165, 1.54) is 0 Å². The van der Waals surface area contributed by atoms with Gasteiger partial charge in [0.25, 0.3) is 0 Å². The maximum atomic E-state index is 10.6. The molecule has 5 heteroatoms. The quantitative estimate of drug-likeness (QED) is 0.851. The van der Waals surface area contributed by atoms with Crippen LogP contribution in [0.1, 0.15) is 5.56 Å². The number of aryl methyl sites for hydroxylation is 1. The Kier molecular flexibility index (Phi) is 3.69. The molecule has 0 amide bonds. The van der Waals surface area contributed by atoms with Crippen LogP contribution in [0.15, 0.2) is 24.3 Å². The number of nitrogens with two attached hydrogens (primary N) is 1. The molecule has 0 fully saturated rings. The molecule has 2 N–H and O–H groups in total. The third-order valence-corrected chi connectivity index (χ3v) is 3.08. The Bertz CT molecular complexity index is 372. The number of benzene rings is 1. The second-order valence-corrected chi connectivity index (χ2v) is 5.72.